The fraction of sp³-hybridized carbons (Fsp3) is 0.944. The first-order valence-corrected chi connectivity index (χ1v) is 9.54. The third kappa shape index (κ3) is 7.13. The van der Waals surface area contributed by atoms with E-state index in [0.717, 1.165) is 51.9 Å². The third-order valence-electron chi connectivity index (χ3n) is 5.39. The van der Waals surface area contributed by atoms with E-state index in [0.29, 0.717) is 12.5 Å². The molecule has 2 rings (SSSR count). The summed E-state index contributed by atoms with van der Waals surface area (Å²) in [5, 5.41) is 3.26. The maximum absolute atomic E-state index is 12.9. The second-order valence-electron chi connectivity index (χ2n) is 7.91. The number of nitrogens with one attached hydrogen (secondary N) is 1. The third-order valence-corrected chi connectivity index (χ3v) is 5.39. The lowest BCUT2D eigenvalue weighted by Crippen LogP contribution is -2.51. The summed E-state index contributed by atoms with van der Waals surface area (Å²) in [6.45, 7) is 7.82. The highest BCUT2D eigenvalue weighted by molar-refractivity contribution is 5.78. The minimum absolute atomic E-state index is 0.00419. The zero-order valence-electron chi connectivity index (χ0n) is 15.4. The van der Waals surface area contributed by atoms with Crippen LogP contribution in [0.15, 0.2) is 0 Å². The van der Waals surface area contributed by atoms with Gasteiger partial charge in [-0.2, -0.15) is 13.2 Å². The van der Waals surface area contributed by atoms with Crippen LogP contribution in [0.4, 0.5) is 13.2 Å². The number of amides is 1. The van der Waals surface area contributed by atoms with Crippen LogP contribution in [0.5, 0.6) is 0 Å². The Morgan fingerprint density at radius 3 is 2.36 bits per heavy atom. The Morgan fingerprint density at radius 2 is 1.80 bits per heavy atom. The van der Waals surface area contributed by atoms with E-state index in [4.69, 9.17) is 0 Å². The quantitative estimate of drug-likeness (QED) is 0.788. The predicted octanol–water partition coefficient (Wildman–Crippen LogP) is 2.89. The number of carbonyl (C=O) groups is 1. The van der Waals surface area contributed by atoms with E-state index >= 15 is 0 Å². The molecule has 0 radical (unpaired) electrons. The molecule has 0 aromatic rings. The number of piperidine rings is 2. The molecular weight excluding hydrogens is 331 g/mol. The molecule has 7 heteroatoms. The van der Waals surface area contributed by atoms with Crippen LogP contribution >= 0.6 is 0 Å². The molecule has 25 heavy (non-hydrogen) atoms. The molecule has 0 aromatic heterocycles. The summed E-state index contributed by atoms with van der Waals surface area (Å²) < 4.78 is 38.1. The number of nitrogens with zero attached hydrogens (tertiary/aromatic N) is 2. The standard InChI is InChI=1S/C18H32F3N3O/c1-14-5-9-23(10-6-14)13-17(25)24(16-3-7-22-8-4-16)12-15(2)11-18(19,20)21/h14-16,22H,3-13H2,1-2H3. The number of hydrogen-bond acceptors (Lipinski definition) is 3. The summed E-state index contributed by atoms with van der Waals surface area (Å²) in [6.07, 6.45) is -1.19. The predicted molar refractivity (Wildman–Crippen MR) is 92.3 cm³/mol. The maximum Gasteiger partial charge on any atom is 0.389 e. The molecule has 2 aliphatic heterocycles. The Bertz CT molecular complexity index is 416. The highest BCUT2D eigenvalue weighted by Crippen LogP contribution is 2.26. The van der Waals surface area contributed by atoms with Gasteiger partial charge < -0.3 is 10.2 Å². The molecule has 4 nitrogen and oxygen atoms in total. The Kier molecular flexibility index (Phi) is 7.55. The lowest BCUT2D eigenvalue weighted by Gasteiger charge is -2.38. The van der Waals surface area contributed by atoms with Crippen molar-refractivity contribution in [2.75, 3.05) is 39.3 Å². The van der Waals surface area contributed by atoms with Crippen molar-refractivity contribution < 1.29 is 18.0 Å². The second kappa shape index (κ2) is 9.21. The van der Waals surface area contributed by atoms with Gasteiger partial charge in [-0.1, -0.05) is 13.8 Å². The van der Waals surface area contributed by atoms with E-state index in [1.54, 1.807) is 11.8 Å². The number of carbonyl (C=O) groups excluding carboxylic acids is 1. The molecule has 1 amide bonds. The van der Waals surface area contributed by atoms with Gasteiger partial charge in [0, 0.05) is 19.0 Å². The number of likely N-dealkylation sites (tertiary alicyclic amines) is 1. The van der Waals surface area contributed by atoms with E-state index in [9.17, 15) is 18.0 Å². The van der Waals surface area contributed by atoms with E-state index < -0.39 is 18.5 Å². The topological polar surface area (TPSA) is 35.6 Å². The van der Waals surface area contributed by atoms with Gasteiger partial charge in [-0.15, -0.1) is 0 Å². The Morgan fingerprint density at radius 1 is 1.20 bits per heavy atom. The molecule has 1 unspecified atom stereocenters. The number of hydrogen-bond donors (Lipinski definition) is 1. The van der Waals surface area contributed by atoms with Crippen molar-refractivity contribution in [1.82, 2.24) is 15.1 Å². The van der Waals surface area contributed by atoms with Crippen molar-refractivity contribution in [3.63, 3.8) is 0 Å². The van der Waals surface area contributed by atoms with Gasteiger partial charge in [-0.3, -0.25) is 9.69 Å². The van der Waals surface area contributed by atoms with E-state index in [-0.39, 0.29) is 18.5 Å². The van der Waals surface area contributed by atoms with Crippen molar-refractivity contribution >= 4 is 5.91 Å². The second-order valence-corrected chi connectivity index (χ2v) is 7.91. The van der Waals surface area contributed by atoms with Gasteiger partial charge in [0.25, 0.3) is 0 Å². The minimum atomic E-state index is -4.18. The van der Waals surface area contributed by atoms with Crippen LogP contribution in [0.1, 0.15) is 46.0 Å². The average Bonchev–Trinajstić information content (AvgIpc) is 2.54. The molecule has 146 valence electrons. The molecule has 0 spiro atoms. The summed E-state index contributed by atoms with van der Waals surface area (Å²) in [7, 11) is 0. The van der Waals surface area contributed by atoms with Crippen molar-refractivity contribution in [2.24, 2.45) is 11.8 Å². The van der Waals surface area contributed by atoms with Gasteiger partial charge in [0.1, 0.15) is 0 Å². The van der Waals surface area contributed by atoms with Crippen LogP contribution < -0.4 is 5.32 Å². The lowest BCUT2D eigenvalue weighted by atomic mass is 9.98. The molecular formula is C18H32F3N3O. The SMILES string of the molecule is CC1CCN(CC(=O)N(CC(C)CC(F)(F)F)C2CCNCC2)CC1. The zero-order chi connectivity index (χ0) is 18.4. The van der Waals surface area contributed by atoms with Crippen LogP contribution in [0.2, 0.25) is 0 Å². The molecule has 0 aliphatic carbocycles. The van der Waals surface area contributed by atoms with Crippen molar-refractivity contribution in [3.8, 4) is 0 Å². The molecule has 2 aliphatic rings. The first kappa shape index (κ1) is 20.5. The van der Waals surface area contributed by atoms with Gasteiger partial charge in [0.15, 0.2) is 0 Å². The Labute approximate surface area is 149 Å². The first-order chi connectivity index (χ1) is 11.7. The first-order valence-electron chi connectivity index (χ1n) is 9.54. The molecule has 1 N–H and O–H groups in total. The summed E-state index contributed by atoms with van der Waals surface area (Å²) in [4.78, 5) is 16.8. The van der Waals surface area contributed by atoms with Crippen LogP contribution in [0, 0.1) is 11.8 Å². The Hall–Kier alpha value is -0.820. The summed E-state index contributed by atoms with van der Waals surface area (Å²) >= 11 is 0. The smallest absolute Gasteiger partial charge is 0.338 e. The summed E-state index contributed by atoms with van der Waals surface area (Å²) in [5.41, 5.74) is 0. The fourth-order valence-electron chi connectivity index (χ4n) is 3.87. The summed E-state index contributed by atoms with van der Waals surface area (Å²) in [6, 6.07) is 0.0631. The number of alkyl halides is 3. The van der Waals surface area contributed by atoms with Crippen LogP contribution in [-0.2, 0) is 4.79 Å². The molecule has 2 fully saturated rings. The highest BCUT2D eigenvalue weighted by atomic mass is 19.4. The highest BCUT2D eigenvalue weighted by Gasteiger charge is 2.34. The van der Waals surface area contributed by atoms with Crippen molar-refractivity contribution in [2.45, 2.75) is 58.2 Å². The molecule has 0 bridgehead atoms. The number of rotatable bonds is 6. The monoisotopic (exact) mass is 363 g/mol. The average molecular weight is 363 g/mol. The zero-order valence-corrected chi connectivity index (χ0v) is 15.4. The largest absolute Gasteiger partial charge is 0.389 e. The van der Waals surface area contributed by atoms with Crippen LogP contribution in [0.3, 0.4) is 0 Å². The molecule has 1 atom stereocenters. The van der Waals surface area contributed by atoms with Crippen molar-refractivity contribution in [1.29, 1.82) is 0 Å². The Balaban J connectivity index is 1.96. The van der Waals surface area contributed by atoms with Gasteiger partial charge in [-0.25, -0.2) is 0 Å². The van der Waals surface area contributed by atoms with Crippen LogP contribution in [-0.4, -0.2) is 67.2 Å². The molecule has 0 saturated carbocycles. The lowest BCUT2D eigenvalue weighted by molar-refractivity contribution is -0.150. The summed E-state index contributed by atoms with van der Waals surface area (Å²) in [5.74, 6) is 0.120. The van der Waals surface area contributed by atoms with E-state index in [1.807, 2.05) is 0 Å². The normalized spacial score (nSPS) is 22.8. The van der Waals surface area contributed by atoms with E-state index in [2.05, 4.69) is 17.1 Å². The van der Waals surface area contributed by atoms with Gasteiger partial charge in [-0.05, 0) is 63.7 Å². The molecule has 2 saturated heterocycles. The van der Waals surface area contributed by atoms with Crippen LogP contribution in [0.25, 0.3) is 0 Å². The maximum atomic E-state index is 12.9. The van der Waals surface area contributed by atoms with Gasteiger partial charge in [0.2, 0.25) is 5.91 Å². The minimum Gasteiger partial charge on any atom is -0.338 e. The fourth-order valence-corrected chi connectivity index (χ4v) is 3.87. The van der Waals surface area contributed by atoms with E-state index in [1.165, 1.54) is 0 Å². The molecule has 2 heterocycles. The number of halogens is 3. The van der Waals surface area contributed by atoms with Crippen molar-refractivity contribution in [3.05, 3.63) is 0 Å². The van der Waals surface area contributed by atoms with Gasteiger partial charge in [0.05, 0.1) is 6.54 Å². The molecule has 0 aromatic carbocycles. The van der Waals surface area contributed by atoms with Gasteiger partial charge >= 0.3 is 6.18 Å².